The van der Waals surface area contributed by atoms with Gasteiger partial charge in [-0.25, -0.2) is 0 Å². The Bertz CT molecular complexity index is 597. The van der Waals surface area contributed by atoms with E-state index in [0.717, 1.165) is 10.0 Å². The Balaban J connectivity index is 2.49. The Hall–Kier alpha value is -0.500. The van der Waals surface area contributed by atoms with Crippen molar-refractivity contribution in [3.05, 3.63) is 67.6 Å². The molecule has 1 atom stereocenters. The van der Waals surface area contributed by atoms with Crippen molar-refractivity contribution in [1.29, 1.82) is 0 Å². The van der Waals surface area contributed by atoms with Crippen molar-refractivity contribution >= 4 is 39.1 Å². The van der Waals surface area contributed by atoms with Gasteiger partial charge in [0.25, 0.3) is 0 Å². The largest absolute Gasteiger partial charge is 0.113 e. The van der Waals surface area contributed by atoms with Gasteiger partial charge in [0, 0.05) is 4.47 Å². The van der Waals surface area contributed by atoms with Crippen molar-refractivity contribution < 1.29 is 0 Å². The maximum absolute atomic E-state index is 6.64. The molecule has 0 N–H and O–H groups in total. The average molecular weight is 358 g/mol. The van der Waals surface area contributed by atoms with Gasteiger partial charge in [-0.2, -0.15) is 0 Å². The van der Waals surface area contributed by atoms with Gasteiger partial charge in [0.15, 0.2) is 0 Å². The molecule has 0 saturated carbocycles. The average Bonchev–Trinajstić information content (AvgIpc) is 2.31. The van der Waals surface area contributed by atoms with Gasteiger partial charge >= 0.3 is 0 Å². The Labute approximate surface area is 132 Å². The minimum absolute atomic E-state index is 0.175. The number of rotatable bonds is 2. The summed E-state index contributed by atoms with van der Waals surface area (Å²) < 4.78 is 0.888. The van der Waals surface area contributed by atoms with Crippen LogP contribution in [0.4, 0.5) is 0 Å². The number of benzene rings is 2. The molecule has 0 saturated heterocycles. The maximum atomic E-state index is 6.64. The van der Waals surface area contributed by atoms with E-state index in [1.165, 1.54) is 22.3 Å². The van der Waals surface area contributed by atoms with Gasteiger partial charge < -0.3 is 0 Å². The van der Waals surface area contributed by atoms with E-state index >= 15 is 0 Å². The molecule has 0 nitrogen and oxygen atoms in total. The van der Waals surface area contributed by atoms with Crippen LogP contribution in [-0.2, 0) is 0 Å². The minimum Gasteiger partial charge on any atom is -0.113 e. The van der Waals surface area contributed by atoms with Crippen LogP contribution in [0.3, 0.4) is 0 Å². The number of hydrogen-bond acceptors (Lipinski definition) is 0. The molecule has 0 aliphatic carbocycles. The van der Waals surface area contributed by atoms with Crippen LogP contribution in [0.2, 0.25) is 5.02 Å². The highest BCUT2D eigenvalue weighted by Crippen LogP contribution is 2.36. The van der Waals surface area contributed by atoms with E-state index in [4.69, 9.17) is 23.2 Å². The van der Waals surface area contributed by atoms with Gasteiger partial charge in [0.2, 0.25) is 0 Å². The summed E-state index contributed by atoms with van der Waals surface area (Å²) in [6.45, 7) is 6.31. The van der Waals surface area contributed by atoms with Crippen LogP contribution in [0.25, 0.3) is 0 Å². The molecular weight excluding hydrogens is 343 g/mol. The molecule has 2 aromatic rings. The van der Waals surface area contributed by atoms with Gasteiger partial charge in [0.05, 0.1) is 10.4 Å². The SMILES string of the molecule is Cc1cc(C)c(C(Cl)c2ccc(Br)c(Cl)c2)c(C)c1. The monoisotopic (exact) mass is 356 g/mol. The van der Waals surface area contributed by atoms with E-state index in [1.54, 1.807) is 0 Å². The zero-order valence-corrected chi connectivity index (χ0v) is 14.2. The van der Waals surface area contributed by atoms with Crippen LogP contribution in [0.1, 0.15) is 33.2 Å². The van der Waals surface area contributed by atoms with Crippen LogP contribution in [0.15, 0.2) is 34.8 Å². The molecule has 0 heterocycles. The van der Waals surface area contributed by atoms with Crippen molar-refractivity contribution in [2.75, 3.05) is 0 Å². The topological polar surface area (TPSA) is 0 Å². The molecule has 19 heavy (non-hydrogen) atoms. The van der Waals surface area contributed by atoms with E-state index in [-0.39, 0.29) is 5.38 Å². The van der Waals surface area contributed by atoms with E-state index < -0.39 is 0 Å². The fourth-order valence-electron chi connectivity index (χ4n) is 2.43. The lowest BCUT2D eigenvalue weighted by atomic mass is 9.94. The van der Waals surface area contributed by atoms with E-state index in [9.17, 15) is 0 Å². The van der Waals surface area contributed by atoms with Gasteiger partial charge in [-0.05, 0) is 71.1 Å². The zero-order valence-electron chi connectivity index (χ0n) is 11.1. The quantitative estimate of drug-likeness (QED) is 0.549. The number of hydrogen-bond donors (Lipinski definition) is 0. The predicted octanol–water partition coefficient (Wildman–Crippen LogP) is 6.36. The Morgan fingerprint density at radius 3 is 2.11 bits per heavy atom. The first-order valence-electron chi connectivity index (χ1n) is 6.07. The van der Waals surface area contributed by atoms with E-state index in [1.807, 2.05) is 18.2 Å². The summed E-state index contributed by atoms with van der Waals surface area (Å²) in [5, 5.41) is 0.511. The smallest absolute Gasteiger partial charge is 0.0841 e. The van der Waals surface area contributed by atoms with E-state index in [0.29, 0.717) is 5.02 Å². The fraction of sp³-hybridized carbons (Fsp3) is 0.250. The van der Waals surface area contributed by atoms with E-state index in [2.05, 4.69) is 48.8 Å². The standard InChI is InChI=1S/C16H15BrCl2/c1-9-6-10(2)15(11(3)7-9)16(19)12-4-5-13(17)14(18)8-12/h4-8,16H,1-3H3. The highest BCUT2D eigenvalue weighted by molar-refractivity contribution is 9.10. The summed E-state index contributed by atoms with van der Waals surface area (Å²) in [5.74, 6) is 0. The molecule has 1 unspecified atom stereocenters. The number of aryl methyl sites for hydroxylation is 3. The lowest BCUT2D eigenvalue weighted by molar-refractivity contribution is 1.07. The molecule has 0 amide bonds. The molecule has 2 aromatic carbocycles. The minimum atomic E-state index is -0.175. The second kappa shape index (κ2) is 5.87. The summed E-state index contributed by atoms with van der Waals surface area (Å²) in [4.78, 5) is 0. The van der Waals surface area contributed by atoms with Crippen LogP contribution in [0, 0.1) is 20.8 Å². The molecule has 0 bridgehead atoms. The third-order valence-corrected chi connectivity index (χ3v) is 4.93. The lowest BCUT2D eigenvalue weighted by Gasteiger charge is -2.17. The summed E-state index contributed by atoms with van der Waals surface area (Å²) in [6.07, 6.45) is 0. The first-order valence-corrected chi connectivity index (χ1v) is 7.67. The highest BCUT2D eigenvalue weighted by Gasteiger charge is 2.17. The van der Waals surface area contributed by atoms with Gasteiger partial charge in [-0.1, -0.05) is 35.4 Å². The Morgan fingerprint density at radius 2 is 1.58 bits per heavy atom. The fourth-order valence-corrected chi connectivity index (χ4v) is 3.34. The summed E-state index contributed by atoms with van der Waals surface area (Å²) in [6, 6.07) is 10.2. The first-order chi connectivity index (χ1) is 8.90. The van der Waals surface area contributed by atoms with Gasteiger partial charge in [-0.15, -0.1) is 11.6 Å². The van der Waals surface area contributed by atoms with Crippen molar-refractivity contribution in [3.63, 3.8) is 0 Å². The number of halogens is 3. The second-order valence-corrected chi connectivity index (χ2v) is 6.55. The Kier molecular flexibility index (Phi) is 4.60. The summed E-state index contributed by atoms with van der Waals surface area (Å²) in [5.41, 5.74) is 5.89. The van der Waals surface area contributed by atoms with Crippen molar-refractivity contribution in [3.8, 4) is 0 Å². The molecule has 0 radical (unpaired) electrons. The predicted molar refractivity (Wildman–Crippen MR) is 87.5 cm³/mol. The maximum Gasteiger partial charge on any atom is 0.0841 e. The molecular formula is C16H15BrCl2. The molecule has 0 spiro atoms. The Morgan fingerprint density at radius 1 is 1.00 bits per heavy atom. The molecule has 0 fully saturated rings. The van der Waals surface area contributed by atoms with Crippen LogP contribution >= 0.6 is 39.1 Å². The van der Waals surface area contributed by atoms with Gasteiger partial charge in [-0.3, -0.25) is 0 Å². The summed E-state index contributed by atoms with van der Waals surface area (Å²) in [7, 11) is 0. The third-order valence-electron chi connectivity index (χ3n) is 3.23. The van der Waals surface area contributed by atoms with Crippen LogP contribution in [0.5, 0.6) is 0 Å². The highest BCUT2D eigenvalue weighted by atomic mass is 79.9. The molecule has 2 rings (SSSR count). The molecule has 0 aromatic heterocycles. The van der Waals surface area contributed by atoms with Crippen molar-refractivity contribution in [2.45, 2.75) is 26.1 Å². The van der Waals surface area contributed by atoms with Crippen LogP contribution in [-0.4, -0.2) is 0 Å². The molecule has 0 aliphatic rings. The molecule has 0 aliphatic heterocycles. The van der Waals surface area contributed by atoms with Crippen molar-refractivity contribution in [2.24, 2.45) is 0 Å². The molecule has 3 heteroatoms. The normalized spacial score (nSPS) is 12.5. The first kappa shape index (κ1) is 14.9. The zero-order chi connectivity index (χ0) is 14.2. The van der Waals surface area contributed by atoms with Gasteiger partial charge in [0.1, 0.15) is 0 Å². The molecule has 100 valence electrons. The second-order valence-electron chi connectivity index (χ2n) is 4.85. The van der Waals surface area contributed by atoms with Crippen LogP contribution < -0.4 is 0 Å². The third kappa shape index (κ3) is 3.16. The van der Waals surface area contributed by atoms with Crippen molar-refractivity contribution in [1.82, 2.24) is 0 Å². The lowest BCUT2D eigenvalue weighted by Crippen LogP contribution is -2.00. The summed E-state index contributed by atoms with van der Waals surface area (Å²) >= 11 is 16.2. The number of alkyl halides is 1.